The van der Waals surface area contributed by atoms with Crippen molar-refractivity contribution in [3.8, 4) is 0 Å². The van der Waals surface area contributed by atoms with E-state index in [1.807, 2.05) is 28.8 Å². The fourth-order valence-corrected chi connectivity index (χ4v) is 2.41. The van der Waals surface area contributed by atoms with Crippen molar-refractivity contribution >= 4 is 34.0 Å². The van der Waals surface area contributed by atoms with Gasteiger partial charge in [-0.2, -0.15) is 0 Å². The number of nitrogens with one attached hydrogen (secondary N) is 1. The van der Waals surface area contributed by atoms with Crippen molar-refractivity contribution in [2.75, 3.05) is 6.61 Å². The van der Waals surface area contributed by atoms with Crippen molar-refractivity contribution in [1.82, 2.24) is 9.13 Å². The number of halogens is 1. The van der Waals surface area contributed by atoms with Crippen LogP contribution in [0.4, 0.5) is 0 Å². The first-order chi connectivity index (χ1) is 10.2. The molecule has 0 radical (unpaired) electrons. The van der Waals surface area contributed by atoms with Gasteiger partial charge in [-0.1, -0.05) is 32.4 Å². The van der Waals surface area contributed by atoms with Gasteiger partial charge in [0.15, 0.2) is 0 Å². The molecule has 1 N–H and O–H groups in total. The van der Waals surface area contributed by atoms with Gasteiger partial charge in [0, 0.05) is 6.54 Å². The Morgan fingerprint density at radius 3 is 2.36 bits per heavy atom. The SMILES string of the molecule is Br.CCCCOC(=O)Cn1c(=N)n(CCC)c2ccccc21. The van der Waals surface area contributed by atoms with Crippen LogP contribution in [0, 0.1) is 5.41 Å². The quantitative estimate of drug-likeness (QED) is 0.601. The highest BCUT2D eigenvalue weighted by Gasteiger charge is 2.13. The molecule has 2 aromatic rings. The molecule has 5 nitrogen and oxygen atoms in total. The molecule has 1 aromatic carbocycles. The molecule has 1 aromatic heterocycles. The number of hydrogen-bond acceptors (Lipinski definition) is 3. The Kier molecular flexibility index (Phi) is 7.38. The summed E-state index contributed by atoms with van der Waals surface area (Å²) in [5.41, 5.74) is 2.25. The zero-order chi connectivity index (χ0) is 15.2. The predicted molar refractivity (Wildman–Crippen MR) is 92.3 cm³/mol. The maximum Gasteiger partial charge on any atom is 0.326 e. The first-order valence-electron chi connectivity index (χ1n) is 7.57. The monoisotopic (exact) mass is 369 g/mol. The molecule has 0 atom stereocenters. The summed E-state index contributed by atoms with van der Waals surface area (Å²) in [6, 6.07) is 7.82. The molecule has 0 saturated heterocycles. The van der Waals surface area contributed by atoms with E-state index in [0.29, 0.717) is 12.2 Å². The molecule has 0 bridgehead atoms. The van der Waals surface area contributed by atoms with Gasteiger partial charge in [-0.05, 0) is 25.0 Å². The van der Waals surface area contributed by atoms with E-state index >= 15 is 0 Å². The van der Waals surface area contributed by atoms with E-state index in [1.54, 1.807) is 4.57 Å². The number of rotatable bonds is 7. The second-order valence-corrected chi connectivity index (χ2v) is 5.12. The number of fused-ring (bicyclic) bond motifs is 1. The minimum atomic E-state index is -0.277. The molecule has 22 heavy (non-hydrogen) atoms. The third-order valence-corrected chi connectivity index (χ3v) is 3.47. The standard InChI is InChI=1S/C16H23N3O2.BrH/c1-3-5-11-21-15(20)12-19-14-9-7-6-8-13(14)18(10-4-2)16(19)17;/h6-9,17H,3-5,10-12H2,1-2H3;1H. The van der Waals surface area contributed by atoms with Crippen LogP contribution in [0.3, 0.4) is 0 Å². The zero-order valence-corrected chi connectivity index (χ0v) is 14.9. The van der Waals surface area contributed by atoms with Gasteiger partial charge in [0.05, 0.1) is 17.6 Å². The Balaban J connectivity index is 0.00000242. The summed E-state index contributed by atoms with van der Waals surface area (Å²) in [6.45, 7) is 5.47. The fraction of sp³-hybridized carbons (Fsp3) is 0.500. The lowest BCUT2D eigenvalue weighted by Gasteiger charge is -2.05. The van der Waals surface area contributed by atoms with E-state index in [-0.39, 0.29) is 29.5 Å². The van der Waals surface area contributed by atoms with Crippen molar-refractivity contribution in [3.05, 3.63) is 29.9 Å². The number of ether oxygens (including phenoxy) is 1. The molecule has 0 aliphatic rings. The number of aromatic nitrogens is 2. The van der Waals surface area contributed by atoms with Crippen LogP contribution in [0.15, 0.2) is 24.3 Å². The van der Waals surface area contributed by atoms with Gasteiger partial charge in [0.2, 0.25) is 5.62 Å². The van der Waals surface area contributed by atoms with Crippen molar-refractivity contribution in [3.63, 3.8) is 0 Å². The van der Waals surface area contributed by atoms with Crippen molar-refractivity contribution in [2.24, 2.45) is 0 Å². The fourth-order valence-electron chi connectivity index (χ4n) is 2.41. The third-order valence-electron chi connectivity index (χ3n) is 3.47. The number of aryl methyl sites for hydroxylation is 1. The first-order valence-corrected chi connectivity index (χ1v) is 7.57. The van der Waals surface area contributed by atoms with E-state index in [1.165, 1.54) is 0 Å². The number of para-hydroxylation sites is 2. The number of carbonyl (C=O) groups excluding carboxylic acids is 1. The molecule has 0 saturated carbocycles. The van der Waals surface area contributed by atoms with Crippen molar-refractivity contribution < 1.29 is 9.53 Å². The second-order valence-electron chi connectivity index (χ2n) is 5.12. The van der Waals surface area contributed by atoms with Crippen LogP contribution in [-0.2, 0) is 22.6 Å². The minimum Gasteiger partial charge on any atom is -0.464 e. The Hall–Kier alpha value is -1.56. The van der Waals surface area contributed by atoms with Crippen LogP contribution >= 0.6 is 17.0 Å². The van der Waals surface area contributed by atoms with E-state index in [2.05, 4.69) is 13.8 Å². The average Bonchev–Trinajstić information content (AvgIpc) is 2.74. The van der Waals surface area contributed by atoms with Crippen molar-refractivity contribution in [2.45, 2.75) is 46.2 Å². The molecule has 0 unspecified atom stereocenters. The van der Waals surface area contributed by atoms with E-state index in [0.717, 1.165) is 36.8 Å². The molecule has 0 amide bonds. The van der Waals surface area contributed by atoms with Crippen LogP contribution in [0.25, 0.3) is 11.0 Å². The lowest BCUT2D eigenvalue weighted by atomic mass is 10.3. The van der Waals surface area contributed by atoms with Gasteiger partial charge in [-0.15, -0.1) is 17.0 Å². The van der Waals surface area contributed by atoms with Crippen LogP contribution in [-0.4, -0.2) is 21.7 Å². The van der Waals surface area contributed by atoms with Crippen LogP contribution in [0.1, 0.15) is 33.1 Å². The number of imidazole rings is 1. The molecular weight excluding hydrogens is 346 g/mol. The van der Waals surface area contributed by atoms with Gasteiger partial charge < -0.3 is 9.30 Å². The molecule has 0 aliphatic carbocycles. The van der Waals surface area contributed by atoms with Gasteiger partial charge in [0.1, 0.15) is 6.54 Å². The summed E-state index contributed by atoms with van der Waals surface area (Å²) >= 11 is 0. The Bertz CT molecular complexity index is 676. The van der Waals surface area contributed by atoms with E-state index < -0.39 is 0 Å². The number of esters is 1. The molecule has 6 heteroatoms. The second kappa shape index (κ2) is 8.78. The smallest absolute Gasteiger partial charge is 0.326 e. The van der Waals surface area contributed by atoms with Gasteiger partial charge in [-0.3, -0.25) is 14.8 Å². The summed E-state index contributed by atoms with van der Waals surface area (Å²) in [6.07, 6.45) is 2.83. The molecule has 0 fully saturated rings. The van der Waals surface area contributed by atoms with Crippen LogP contribution in [0.5, 0.6) is 0 Å². The molecular formula is C16H24BrN3O2. The molecule has 2 rings (SSSR count). The average molecular weight is 370 g/mol. The molecule has 122 valence electrons. The topological polar surface area (TPSA) is 60.0 Å². The normalized spacial score (nSPS) is 10.5. The summed E-state index contributed by atoms with van der Waals surface area (Å²) in [5.74, 6) is -0.277. The van der Waals surface area contributed by atoms with E-state index in [4.69, 9.17) is 10.1 Å². The van der Waals surface area contributed by atoms with E-state index in [9.17, 15) is 4.79 Å². The Labute approximate surface area is 141 Å². The van der Waals surface area contributed by atoms with Gasteiger partial charge in [0.25, 0.3) is 0 Å². The summed E-state index contributed by atoms with van der Waals surface area (Å²) in [5, 5.41) is 8.30. The lowest BCUT2D eigenvalue weighted by molar-refractivity contribution is -0.144. The molecule has 0 aliphatic heterocycles. The molecule has 1 heterocycles. The maximum absolute atomic E-state index is 11.9. The Morgan fingerprint density at radius 1 is 1.14 bits per heavy atom. The zero-order valence-electron chi connectivity index (χ0n) is 13.2. The number of hydrogen-bond donors (Lipinski definition) is 1. The highest BCUT2D eigenvalue weighted by atomic mass is 79.9. The van der Waals surface area contributed by atoms with Crippen LogP contribution in [0.2, 0.25) is 0 Å². The summed E-state index contributed by atoms with van der Waals surface area (Å²) in [7, 11) is 0. The number of benzene rings is 1. The third kappa shape index (κ3) is 4.00. The maximum atomic E-state index is 11.9. The Morgan fingerprint density at radius 2 is 1.77 bits per heavy atom. The predicted octanol–water partition coefficient (Wildman–Crippen LogP) is 3.25. The highest BCUT2D eigenvalue weighted by Crippen LogP contribution is 2.13. The number of unbranched alkanes of at least 4 members (excludes halogenated alkanes) is 1. The van der Waals surface area contributed by atoms with Gasteiger partial charge in [-0.25, -0.2) is 0 Å². The lowest BCUT2D eigenvalue weighted by Crippen LogP contribution is -2.28. The minimum absolute atomic E-state index is 0. The number of nitrogens with zero attached hydrogens (tertiary/aromatic N) is 2. The van der Waals surface area contributed by atoms with Crippen molar-refractivity contribution in [1.29, 1.82) is 5.41 Å². The largest absolute Gasteiger partial charge is 0.464 e. The first kappa shape index (κ1) is 18.5. The highest BCUT2D eigenvalue weighted by molar-refractivity contribution is 8.93. The molecule has 0 spiro atoms. The van der Waals surface area contributed by atoms with Gasteiger partial charge >= 0.3 is 5.97 Å². The van der Waals surface area contributed by atoms with Crippen LogP contribution < -0.4 is 5.62 Å². The summed E-state index contributed by atoms with van der Waals surface area (Å²) < 4.78 is 8.87. The number of carbonyl (C=O) groups is 1. The summed E-state index contributed by atoms with van der Waals surface area (Å²) in [4.78, 5) is 11.9.